The van der Waals surface area contributed by atoms with Gasteiger partial charge in [-0.25, -0.2) is 23.7 Å². The summed E-state index contributed by atoms with van der Waals surface area (Å²) in [5, 5.41) is 0.666. The van der Waals surface area contributed by atoms with Gasteiger partial charge in [0.05, 0.1) is 0 Å². The van der Waals surface area contributed by atoms with Crippen LogP contribution in [-0.4, -0.2) is 15.0 Å². The van der Waals surface area contributed by atoms with Crippen LogP contribution < -0.4 is 0 Å². The highest BCUT2D eigenvalue weighted by Crippen LogP contribution is 2.32. The van der Waals surface area contributed by atoms with Crippen LogP contribution in [-0.2, 0) is 5.75 Å². The molecular weight excluding hydrogens is 404 g/mol. The van der Waals surface area contributed by atoms with Crippen LogP contribution >= 0.6 is 50.6 Å². The number of benzene rings is 1. The number of nitrogens with zero attached hydrogens (tertiary/aromatic N) is 3. The lowest BCUT2D eigenvalue weighted by Gasteiger charge is -2.03. The Morgan fingerprint density at radius 2 is 2.05 bits per heavy atom. The average Bonchev–Trinajstić information content (AvgIpc) is 2.81. The van der Waals surface area contributed by atoms with Crippen molar-refractivity contribution in [2.75, 3.05) is 0 Å². The Kier molecular flexibility index (Phi) is 4.39. The molecule has 0 N–H and O–H groups in total. The molecule has 0 bridgehead atoms. The minimum Gasteiger partial charge on any atom is -0.209 e. The van der Waals surface area contributed by atoms with Gasteiger partial charge in [0.2, 0.25) is 0 Å². The zero-order valence-electron chi connectivity index (χ0n) is 10.1. The molecule has 0 radical (unpaired) electrons. The van der Waals surface area contributed by atoms with E-state index in [1.807, 2.05) is 0 Å². The summed E-state index contributed by atoms with van der Waals surface area (Å²) in [5.74, 6) is -1.52. The lowest BCUT2D eigenvalue weighted by molar-refractivity contribution is 0.502. The van der Waals surface area contributed by atoms with Crippen molar-refractivity contribution in [2.24, 2.45) is 0 Å². The quantitative estimate of drug-likeness (QED) is 0.344. The smallest absolute Gasteiger partial charge is 0.191 e. The third kappa shape index (κ3) is 3.18. The highest BCUT2D eigenvalue weighted by molar-refractivity contribution is 9.11. The van der Waals surface area contributed by atoms with Crippen LogP contribution in [0.15, 0.2) is 27.3 Å². The summed E-state index contributed by atoms with van der Waals surface area (Å²) < 4.78 is 28.0. The maximum Gasteiger partial charge on any atom is 0.191 e. The van der Waals surface area contributed by atoms with Gasteiger partial charge in [-0.3, -0.25) is 0 Å². The topological polar surface area (TPSA) is 38.7 Å². The second kappa shape index (κ2) is 6.12. The molecule has 0 spiro atoms. The molecule has 0 aliphatic heterocycles. The molecule has 0 amide bonds. The Labute approximate surface area is 139 Å². The SMILES string of the molecule is Fc1cccc(CSc2nc(Cl)c3sc(Br)nc3n2)c1F. The van der Waals surface area contributed by atoms with Gasteiger partial charge in [0.15, 0.2) is 31.5 Å². The van der Waals surface area contributed by atoms with Gasteiger partial charge in [-0.2, -0.15) is 0 Å². The van der Waals surface area contributed by atoms with Crippen molar-refractivity contribution < 1.29 is 8.78 Å². The molecule has 3 aromatic rings. The molecule has 2 aromatic heterocycles. The molecule has 0 saturated carbocycles. The van der Waals surface area contributed by atoms with Crippen LogP contribution in [0.25, 0.3) is 10.3 Å². The molecule has 1 aromatic carbocycles. The molecule has 0 atom stereocenters. The molecule has 0 saturated heterocycles. The van der Waals surface area contributed by atoms with Crippen LogP contribution in [0.4, 0.5) is 8.78 Å². The standard InChI is InChI=1S/C12H5BrClF2N3S2/c13-11-18-10-8(21-11)9(14)17-12(19-10)20-4-5-2-1-3-6(15)7(5)16/h1-3H,4H2. The van der Waals surface area contributed by atoms with Crippen molar-refractivity contribution in [3.8, 4) is 0 Å². The summed E-state index contributed by atoms with van der Waals surface area (Å²) in [6.07, 6.45) is 0. The lowest BCUT2D eigenvalue weighted by Crippen LogP contribution is -1.94. The number of aromatic nitrogens is 3. The Balaban J connectivity index is 1.86. The van der Waals surface area contributed by atoms with Crippen LogP contribution in [0.1, 0.15) is 5.56 Å². The third-order valence-corrected chi connectivity index (χ3v) is 5.34. The van der Waals surface area contributed by atoms with Crippen LogP contribution in [0, 0.1) is 11.6 Å². The number of halogens is 4. The minimum absolute atomic E-state index is 0.205. The number of thiazole rings is 1. The largest absolute Gasteiger partial charge is 0.209 e. The fourth-order valence-electron chi connectivity index (χ4n) is 1.61. The van der Waals surface area contributed by atoms with Crippen molar-refractivity contribution in [2.45, 2.75) is 10.9 Å². The van der Waals surface area contributed by atoms with Gasteiger partial charge in [-0.15, -0.1) is 11.3 Å². The van der Waals surface area contributed by atoms with E-state index >= 15 is 0 Å². The minimum atomic E-state index is -0.870. The molecule has 0 aliphatic rings. The Morgan fingerprint density at radius 3 is 2.86 bits per heavy atom. The fourth-order valence-corrected chi connectivity index (χ4v) is 4.03. The molecule has 2 heterocycles. The predicted molar refractivity (Wildman–Crippen MR) is 83.8 cm³/mol. The van der Waals surface area contributed by atoms with E-state index in [9.17, 15) is 8.78 Å². The molecule has 9 heteroatoms. The fraction of sp³-hybridized carbons (Fsp3) is 0.0833. The maximum absolute atomic E-state index is 13.6. The summed E-state index contributed by atoms with van der Waals surface area (Å²) in [7, 11) is 0. The first-order valence-electron chi connectivity index (χ1n) is 5.60. The molecule has 108 valence electrons. The number of thioether (sulfide) groups is 1. The van der Waals surface area contributed by atoms with Gasteiger partial charge in [0.25, 0.3) is 0 Å². The highest BCUT2D eigenvalue weighted by atomic mass is 79.9. The molecule has 3 nitrogen and oxygen atoms in total. The highest BCUT2D eigenvalue weighted by Gasteiger charge is 2.13. The second-order valence-corrected chi connectivity index (χ2v) is 7.49. The summed E-state index contributed by atoms with van der Waals surface area (Å²) in [5.41, 5.74) is 0.730. The van der Waals surface area contributed by atoms with Crippen molar-refractivity contribution in [1.29, 1.82) is 0 Å². The molecule has 0 aliphatic carbocycles. The van der Waals surface area contributed by atoms with Gasteiger partial charge in [0.1, 0.15) is 4.70 Å². The summed E-state index contributed by atoms with van der Waals surface area (Å²) >= 11 is 11.8. The van der Waals surface area contributed by atoms with Crippen molar-refractivity contribution >= 4 is 61.0 Å². The summed E-state index contributed by atoms with van der Waals surface area (Å²) in [6.45, 7) is 0. The van der Waals surface area contributed by atoms with Crippen molar-refractivity contribution in [3.05, 3.63) is 44.5 Å². The van der Waals surface area contributed by atoms with Crippen LogP contribution in [0.5, 0.6) is 0 Å². The summed E-state index contributed by atoms with van der Waals surface area (Å²) in [6, 6.07) is 4.06. The number of hydrogen-bond acceptors (Lipinski definition) is 5. The van der Waals surface area contributed by atoms with Crippen LogP contribution in [0.3, 0.4) is 0 Å². The number of fused-ring (bicyclic) bond motifs is 1. The normalized spacial score (nSPS) is 11.2. The zero-order chi connectivity index (χ0) is 15.0. The van der Waals surface area contributed by atoms with E-state index in [0.717, 1.165) is 6.07 Å². The van der Waals surface area contributed by atoms with Crippen LogP contribution in [0.2, 0.25) is 5.15 Å². The first-order valence-corrected chi connectivity index (χ1v) is 8.57. The third-order valence-electron chi connectivity index (χ3n) is 2.55. The maximum atomic E-state index is 13.6. The van der Waals surface area contributed by atoms with E-state index in [4.69, 9.17) is 11.6 Å². The van der Waals surface area contributed by atoms with Crippen molar-refractivity contribution in [1.82, 2.24) is 15.0 Å². The molecular formula is C12H5BrClF2N3S2. The van der Waals surface area contributed by atoms with Gasteiger partial charge in [0, 0.05) is 11.3 Å². The molecule has 0 fully saturated rings. The van der Waals surface area contributed by atoms with E-state index < -0.39 is 11.6 Å². The molecule has 0 unspecified atom stereocenters. The Bertz CT molecular complexity index is 828. The first kappa shape index (κ1) is 15.1. The zero-order valence-corrected chi connectivity index (χ0v) is 14.1. The summed E-state index contributed by atoms with van der Waals surface area (Å²) in [4.78, 5) is 12.6. The first-order chi connectivity index (χ1) is 10.0. The van der Waals surface area contributed by atoms with Gasteiger partial charge >= 0.3 is 0 Å². The van der Waals surface area contributed by atoms with E-state index in [1.165, 1.54) is 35.2 Å². The average molecular weight is 409 g/mol. The van der Waals surface area contributed by atoms with Gasteiger partial charge < -0.3 is 0 Å². The number of hydrogen-bond donors (Lipinski definition) is 0. The van der Waals surface area contributed by atoms with E-state index in [0.29, 0.717) is 24.6 Å². The predicted octanol–water partition coefficient (Wildman–Crippen LogP) is 5.07. The molecule has 21 heavy (non-hydrogen) atoms. The van der Waals surface area contributed by atoms with E-state index in [1.54, 1.807) is 0 Å². The Morgan fingerprint density at radius 1 is 1.24 bits per heavy atom. The lowest BCUT2D eigenvalue weighted by atomic mass is 10.2. The molecule has 3 rings (SSSR count). The van der Waals surface area contributed by atoms with E-state index in [-0.39, 0.29) is 11.3 Å². The monoisotopic (exact) mass is 407 g/mol. The Hall–Kier alpha value is -0.830. The van der Waals surface area contributed by atoms with Gasteiger partial charge in [-0.05, 0) is 22.0 Å². The van der Waals surface area contributed by atoms with Gasteiger partial charge in [-0.1, -0.05) is 35.5 Å². The number of rotatable bonds is 3. The second-order valence-electron chi connectivity index (χ2n) is 3.92. The van der Waals surface area contributed by atoms with Crippen molar-refractivity contribution in [3.63, 3.8) is 0 Å². The van der Waals surface area contributed by atoms with E-state index in [2.05, 4.69) is 30.9 Å².